The Balaban J connectivity index is 1.77. The predicted octanol–water partition coefficient (Wildman–Crippen LogP) is 2.66. The van der Waals surface area contributed by atoms with Crippen molar-refractivity contribution in [1.29, 1.82) is 0 Å². The van der Waals surface area contributed by atoms with E-state index < -0.39 is 0 Å². The van der Waals surface area contributed by atoms with E-state index in [1.165, 1.54) is 17.3 Å². The third-order valence-corrected chi connectivity index (χ3v) is 9.61. The van der Waals surface area contributed by atoms with Crippen LogP contribution in [0.5, 0.6) is 0 Å². The molecule has 2 fully saturated rings. The van der Waals surface area contributed by atoms with Crippen LogP contribution in [0.4, 0.5) is 0 Å². The Labute approximate surface area is 124 Å². The normalized spacial score (nSPS) is 39.6. The van der Waals surface area contributed by atoms with Crippen molar-refractivity contribution in [2.75, 3.05) is 5.75 Å². The molecule has 1 aromatic carbocycles. The second kappa shape index (κ2) is 4.51. The third kappa shape index (κ3) is 1.72. The topological polar surface area (TPSA) is 17.1 Å². The van der Waals surface area contributed by atoms with Crippen LogP contribution in [0.25, 0.3) is 0 Å². The molecule has 5 rings (SSSR count). The van der Waals surface area contributed by atoms with E-state index in [1.807, 2.05) is 0 Å². The van der Waals surface area contributed by atoms with E-state index in [0.29, 0.717) is 22.9 Å². The number of benzene rings is 1. The Morgan fingerprint density at radius 2 is 2.00 bits per heavy atom. The minimum atomic E-state index is -0.0311. The van der Waals surface area contributed by atoms with Crippen LogP contribution in [0, 0.1) is 17.8 Å². The molecule has 4 aliphatic rings. The maximum absolute atomic E-state index is 12.7. The summed E-state index contributed by atoms with van der Waals surface area (Å²) in [4.78, 5) is 12.7. The van der Waals surface area contributed by atoms with Crippen LogP contribution in [0.2, 0.25) is 4.31 Å². The molecule has 1 saturated carbocycles. The summed E-state index contributed by atoms with van der Waals surface area (Å²) in [7, 11) is 0. The fourth-order valence-corrected chi connectivity index (χ4v) is 9.22. The van der Waals surface area contributed by atoms with E-state index in [9.17, 15) is 4.79 Å². The van der Waals surface area contributed by atoms with Crippen LogP contribution in [-0.4, -0.2) is 25.8 Å². The molecule has 4 atom stereocenters. The van der Waals surface area contributed by atoms with E-state index in [0.717, 1.165) is 5.75 Å². The molecule has 3 heteroatoms. The first-order valence-corrected chi connectivity index (χ1v) is 9.60. The standard InChI is InChI=1S/C16H16OSSe/c17-15-16(19-13-4-2-1-3-5-13)12-8-6-11(7-9-12)14(16)10-18-15/h1-6,8,11-12,14H,7,9-10H2/t11-,12+,14-,16-/m1/s1. The van der Waals surface area contributed by atoms with Gasteiger partial charge in [0, 0.05) is 0 Å². The Morgan fingerprint density at radius 3 is 2.74 bits per heavy atom. The molecule has 0 unspecified atom stereocenters. The number of carbonyl (C=O) groups excluding carboxylic acids is 1. The van der Waals surface area contributed by atoms with Crippen molar-refractivity contribution in [1.82, 2.24) is 0 Å². The summed E-state index contributed by atoms with van der Waals surface area (Å²) in [6.45, 7) is 0. The molecule has 0 amide bonds. The molecule has 1 nitrogen and oxygen atoms in total. The number of hydrogen-bond donors (Lipinski definition) is 0. The van der Waals surface area contributed by atoms with Crippen molar-refractivity contribution < 1.29 is 4.79 Å². The van der Waals surface area contributed by atoms with Crippen LogP contribution in [0.15, 0.2) is 42.5 Å². The molecule has 0 spiro atoms. The Hall–Kier alpha value is -0.501. The van der Waals surface area contributed by atoms with Gasteiger partial charge >= 0.3 is 124 Å². The Bertz CT molecular complexity index is 541. The molecule has 1 aromatic rings. The molecule has 1 aliphatic heterocycles. The molecule has 3 aliphatic carbocycles. The van der Waals surface area contributed by atoms with E-state index in [1.54, 1.807) is 11.8 Å². The van der Waals surface area contributed by atoms with E-state index >= 15 is 0 Å². The quantitative estimate of drug-likeness (QED) is 0.611. The number of hydrogen-bond acceptors (Lipinski definition) is 2. The zero-order valence-electron chi connectivity index (χ0n) is 10.6. The summed E-state index contributed by atoms with van der Waals surface area (Å²) >= 11 is 1.88. The van der Waals surface area contributed by atoms with Gasteiger partial charge in [0.1, 0.15) is 0 Å². The van der Waals surface area contributed by atoms with Crippen LogP contribution < -0.4 is 4.46 Å². The van der Waals surface area contributed by atoms with Crippen LogP contribution in [-0.2, 0) is 4.79 Å². The molecule has 1 heterocycles. The third-order valence-electron chi connectivity index (χ3n) is 4.76. The zero-order chi connectivity index (χ0) is 12.9. The first-order valence-electron chi connectivity index (χ1n) is 6.90. The van der Waals surface area contributed by atoms with Gasteiger partial charge in [-0.1, -0.05) is 0 Å². The van der Waals surface area contributed by atoms with Gasteiger partial charge < -0.3 is 0 Å². The van der Waals surface area contributed by atoms with Crippen molar-refractivity contribution in [3.8, 4) is 0 Å². The average molecular weight is 335 g/mol. The second-order valence-electron chi connectivity index (χ2n) is 5.65. The fraction of sp³-hybridized carbons (Fsp3) is 0.438. The number of rotatable bonds is 2. The Morgan fingerprint density at radius 1 is 1.16 bits per heavy atom. The van der Waals surface area contributed by atoms with Crippen molar-refractivity contribution in [3.63, 3.8) is 0 Å². The first-order chi connectivity index (χ1) is 9.30. The van der Waals surface area contributed by atoms with Gasteiger partial charge in [-0.3, -0.25) is 0 Å². The molecule has 0 N–H and O–H groups in total. The molecular weight excluding hydrogens is 319 g/mol. The van der Waals surface area contributed by atoms with Crippen LogP contribution >= 0.6 is 11.8 Å². The van der Waals surface area contributed by atoms with Crippen LogP contribution in [0.1, 0.15) is 12.8 Å². The summed E-state index contributed by atoms with van der Waals surface area (Å²) in [5.41, 5.74) is 0. The second-order valence-corrected chi connectivity index (χ2v) is 9.47. The average Bonchev–Trinajstić information content (AvgIpc) is 2.81. The van der Waals surface area contributed by atoms with Crippen LogP contribution in [0.3, 0.4) is 0 Å². The molecule has 0 aromatic heterocycles. The minimum absolute atomic E-state index is 0.0311. The zero-order valence-corrected chi connectivity index (χ0v) is 13.1. The number of fused-ring (bicyclic) bond motifs is 1. The van der Waals surface area contributed by atoms with E-state index in [-0.39, 0.29) is 19.3 Å². The van der Waals surface area contributed by atoms with Crippen molar-refractivity contribution in [2.45, 2.75) is 17.2 Å². The number of thioether (sulfide) groups is 1. The Kier molecular flexibility index (Phi) is 2.91. The molecule has 0 radical (unpaired) electrons. The molecule has 1 saturated heterocycles. The van der Waals surface area contributed by atoms with Gasteiger partial charge in [-0.25, -0.2) is 0 Å². The summed E-state index contributed by atoms with van der Waals surface area (Å²) in [6, 6.07) is 10.7. The van der Waals surface area contributed by atoms with Gasteiger partial charge in [0.25, 0.3) is 0 Å². The molecule has 2 bridgehead atoms. The van der Waals surface area contributed by atoms with Gasteiger partial charge in [0.2, 0.25) is 0 Å². The summed E-state index contributed by atoms with van der Waals surface area (Å²) in [6.07, 6.45) is 7.28. The van der Waals surface area contributed by atoms with Gasteiger partial charge in [-0.05, 0) is 0 Å². The fourth-order valence-electron chi connectivity index (χ4n) is 3.83. The molecular formula is C16H16OSSe. The summed E-state index contributed by atoms with van der Waals surface area (Å²) < 4.78 is 1.35. The van der Waals surface area contributed by atoms with Crippen molar-refractivity contribution in [2.24, 2.45) is 17.8 Å². The van der Waals surface area contributed by atoms with Gasteiger partial charge in [-0.15, -0.1) is 0 Å². The number of allylic oxidation sites excluding steroid dienone is 2. The monoisotopic (exact) mass is 336 g/mol. The summed E-state index contributed by atoms with van der Waals surface area (Å²) in [5, 5.41) is 0.486. The van der Waals surface area contributed by atoms with Gasteiger partial charge in [0.15, 0.2) is 0 Å². The molecule has 19 heavy (non-hydrogen) atoms. The maximum atomic E-state index is 12.7. The SMILES string of the molecule is O=C1SC[C@@H]2[C@@H]3C=C[C@@H](CC3)[C@]12[Se]c1ccccc1. The molecule has 98 valence electrons. The predicted molar refractivity (Wildman–Crippen MR) is 80.8 cm³/mol. The van der Waals surface area contributed by atoms with E-state index in [2.05, 4.69) is 42.5 Å². The van der Waals surface area contributed by atoms with Gasteiger partial charge in [-0.2, -0.15) is 0 Å². The van der Waals surface area contributed by atoms with E-state index in [4.69, 9.17) is 0 Å². The van der Waals surface area contributed by atoms with Gasteiger partial charge in [0.05, 0.1) is 0 Å². The summed E-state index contributed by atoms with van der Waals surface area (Å²) in [5.74, 6) is 2.83. The first kappa shape index (κ1) is 12.3. The van der Waals surface area contributed by atoms with Crippen molar-refractivity contribution in [3.05, 3.63) is 42.5 Å². The van der Waals surface area contributed by atoms with Crippen molar-refractivity contribution >= 4 is 36.3 Å². The number of carbonyl (C=O) groups is 1.